The Morgan fingerprint density at radius 1 is 1.13 bits per heavy atom. The smallest absolute Gasteiger partial charge is 0.291 e. The molecule has 0 atom stereocenters. The number of carbonyl (C=O) groups is 1. The number of ether oxygens (including phenoxy) is 1. The predicted octanol–water partition coefficient (Wildman–Crippen LogP) is 4.91. The highest BCUT2D eigenvalue weighted by molar-refractivity contribution is 7.89. The fourth-order valence-corrected chi connectivity index (χ4v) is 5.34. The van der Waals surface area contributed by atoms with Gasteiger partial charge in [-0.15, -0.1) is 0 Å². The maximum absolute atomic E-state index is 13.1. The van der Waals surface area contributed by atoms with E-state index < -0.39 is 15.9 Å². The molecule has 1 fully saturated rings. The third kappa shape index (κ3) is 4.56. The lowest BCUT2D eigenvalue weighted by molar-refractivity contribution is 0.0998. The normalized spacial score (nSPS) is 15.2. The molecule has 1 amide bonds. The first-order valence-corrected chi connectivity index (χ1v) is 12.0. The monoisotopic (exact) mass is 462 g/mol. The van der Waals surface area contributed by atoms with Crippen LogP contribution in [0.4, 0.5) is 5.69 Å². The first-order valence-electron chi connectivity index (χ1n) is 10.2. The summed E-state index contributed by atoms with van der Waals surface area (Å²) >= 11 is 6.00. The number of piperidine rings is 1. The van der Waals surface area contributed by atoms with Crippen LogP contribution in [0.25, 0.3) is 11.0 Å². The fourth-order valence-electron chi connectivity index (χ4n) is 3.61. The third-order valence-corrected chi connectivity index (χ3v) is 7.28. The van der Waals surface area contributed by atoms with Crippen LogP contribution >= 0.6 is 11.6 Å². The Labute approximate surface area is 186 Å². The van der Waals surface area contributed by atoms with Crippen LogP contribution in [-0.4, -0.2) is 38.3 Å². The van der Waals surface area contributed by atoms with Gasteiger partial charge in [0.15, 0.2) is 5.76 Å². The second-order valence-corrected chi connectivity index (χ2v) is 9.68. The summed E-state index contributed by atoms with van der Waals surface area (Å²) in [6.45, 7) is 3.18. The summed E-state index contributed by atoms with van der Waals surface area (Å²) in [6.07, 6.45) is 2.71. The molecular formula is C22H23ClN2O5S. The van der Waals surface area contributed by atoms with E-state index in [-0.39, 0.29) is 16.3 Å². The summed E-state index contributed by atoms with van der Waals surface area (Å²) in [5.41, 5.74) is 0.796. The van der Waals surface area contributed by atoms with Crippen LogP contribution in [0, 0.1) is 0 Å². The molecule has 1 N–H and O–H groups in total. The SMILES string of the molecule is CCOc1ccc(S(=O)(=O)N2CCCCC2)cc1NC(=O)c1cc2cc(Cl)ccc2o1. The van der Waals surface area contributed by atoms with E-state index in [9.17, 15) is 13.2 Å². The van der Waals surface area contributed by atoms with Crippen LogP contribution in [0.5, 0.6) is 5.75 Å². The Bertz CT molecular complexity index is 1220. The number of amides is 1. The topological polar surface area (TPSA) is 88.9 Å². The summed E-state index contributed by atoms with van der Waals surface area (Å²) in [4.78, 5) is 12.9. The van der Waals surface area contributed by atoms with Gasteiger partial charge in [0.2, 0.25) is 10.0 Å². The van der Waals surface area contributed by atoms with E-state index in [2.05, 4.69) is 5.32 Å². The fraction of sp³-hybridized carbons (Fsp3) is 0.318. The number of sulfonamides is 1. The number of hydrogen-bond donors (Lipinski definition) is 1. The van der Waals surface area contributed by atoms with Crippen molar-refractivity contribution in [1.29, 1.82) is 0 Å². The van der Waals surface area contributed by atoms with E-state index in [0.29, 0.717) is 41.4 Å². The highest BCUT2D eigenvalue weighted by Crippen LogP contribution is 2.31. The summed E-state index contributed by atoms with van der Waals surface area (Å²) in [5.74, 6) is -0.0441. The van der Waals surface area contributed by atoms with E-state index in [1.54, 1.807) is 30.3 Å². The largest absolute Gasteiger partial charge is 0.492 e. The van der Waals surface area contributed by atoms with E-state index in [1.165, 1.54) is 16.4 Å². The zero-order valence-corrected chi connectivity index (χ0v) is 18.6. The Kier molecular flexibility index (Phi) is 6.22. The first-order chi connectivity index (χ1) is 14.9. The van der Waals surface area contributed by atoms with Crippen LogP contribution in [0.1, 0.15) is 36.7 Å². The van der Waals surface area contributed by atoms with Gasteiger partial charge in [0, 0.05) is 23.5 Å². The molecule has 9 heteroatoms. The molecule has 31 heavy (non-hydrogen) atoms. The molecule has 2 aromatic carbocycles. The molecule has 3 aromatic rings. The average Bonchev–Trinajstić information content (AvgIpc) is 3.19. The first kappa shape index (κ1) is 21.7. The number of benzene rings is 2. The van der Waals surface area contributed by atoms with Gasteiger partial charge in [0.05, 0.1) is 17.2 Å². The molecule has 0 aliphatic carbocycles. The Morgan fingerprint density at radius 3 is 2.65 bits per heavy atom. The van der Waals surface area contributed by atoms with Crippen molar-refractivity contribution in [2.24, 2.45) is 0 Å². The summed E-state index contributed by atoms with van der Waals surface area (Å²) < 4.78 is 38.8. The number of furan rings is 1. The lowest BCUT2D eigenvalue weighted by Gasteiger charge is -2.26. The quantitative estimate of drug-likeness (QED) is 0.562. The number of nitrogens with zero attached hydrogens (tertiary/aromatic N) is 1. The van der Waals surface area contributed by atoms with Gasteiger partial charge in [-0.05, 0) is 62.2 Å². The minimum atomic E-state index is -3.65. The number of anilines is 1. The molecule has 1 saturated heterocycles. The van der Waals surface area contributed by atoms with Gasteiger partial charge in [-0.2, -0.15) is 4.31 Å². The maximum atomic E-state index is 13.1. The van der Waals surface area contributed by atoms with E-state index in [1.807, 2.05) is 6.92 Å². The van der Waals surface area contributed by atoms with Gasteiger partial charge in [0.1, 0.15) is 11.3 Å². The van der Waals surface area contributed by atoms with Gasteiger partial charge < -0.3 is 14.5 Å². The molecule has 2 heterocycles. The Balaban J connectivity index is 1.65. The van der Waals surface area contributed by atoms with Crippen molar-refractivity contribution in [3.05, 3.63) is 53.2 Å². The molecule has 0 bridgehead atoms. The average molecular weight is 463 g/mol. The van der Waals surface area contributed by atoms with Crippen molar-refractivity contribution in [2.45, 2.75) is 31.1 Å². The molecule has 0 saturated carbocycles. The van der Waals surface area contributed by atoms with Gasteiger partial charge in [0.25, 0.3) is 5.91 Å². The molecule has 7 nitrogen and oxygen atoms in total. The molecule has 4 rings (SSSR count). The van der Waals surface area contributed by atoms with Crippen LogP contribution in [0.2, 0.25) is 5.02 Å². The lowest BCUT2D eigenvalue weighted by atomic mass is 10.2. The van der Waals surface area contributed by atoms with Gasteiger partial charge in [-0.3, -0.25) is 4.79 Å². The maximum Gasteiger partial charge on any atom is 0.291 e. The second-order valence-electron chi connectivity index (χ2n) is 7.30. The zero-order chi connectivity index (χ0) is 22.0. The molecule has 1 aromatic heterocycles. The summed E-state index contributed by atoms with van der Waals surface area (Å²) in [7, 11) is -3.65. The predicted molar refractivity (Wildman–Crippen MR) is 119 cm³/mol. The standard InChI is InChI=1S/C22H23ClN2O5S/c1-2-29-20-9-7-17(31(27,28)25-10-4-3-5-11-25)14-18(20)24-22(26)21-13-15-12-16(23)6-8-19(15)30-21/h6-9,12-14H,2-5,10-11H2,1H3,(H,24,26). The highest BCUT2D eigenvalue weighted by Gasteiger charge is 2.27. The van der Waals surface area contributed by atoms with E-state index >= 15 is 0 Å². The zero-order valence-electron chi connectivity index (χ0n) is 17.1. The van der Waals surface area contributed by atoms with Crippen molar-refractivity contribution in [1.82, 2.24) is 4.31 Å². The molecule has 0 radical (unpaired) electrons. The molecule has 1 aliphatic heterocycles. The summed E-state index contributed by atoms with van der Waals surface area (Å²) in [6, 6.07) is 11.2. The van der Waals surface area contributed by atoms with Crippen molar-refractivity contribution in [3.63, 3.8) is 0 Å². The van der Waals surface area contributed by atoms with Gasteiger partial charge >= 0.3 is 0 Å². The molecular weight excluding hydrogens is 440 g/mol. The van der Waals surface area contributed by atoms with Crippen LogP contribution in [-0.2, 0) is 10.0 Å². The molecule has 1 aliphatic rings. The third-order valence-electron chi connectivity index (χ3n) is 5.15. The number of rotatable bonds is 6. The number of hydrogen-bond acceptors (Lipinski definition) is 5. The highest BCUT2D eigenvalue weighted by atomic mass is 35.5. The van der Waals surface area contributed by atoms with Crippen LogP contribution in [0.15, 0.2) is 51.8 Å². The number of nitrogens with one attached hydrogen (secondary N) is 1. The van der Waals surface area contributed by atoms with Gasteiger partial charge in [-0.25, -0.2) is 8.42 Å². The Hall–Kier alpha value is -2.55. The van der Waals surface area contributed by atoms with Crippen molar-refractivity contribution < 1.29 is 22.4 Å². The number of fused-ring (bicyclic) bond motifs is 1. The minimum Gasteiger partial charge on any atom is -0.492 e. The van der Waals surface area contributed by atoms with Crippen LogP contribution < -0.4 is 10.1 Å². The molecule has 0 spiro atoms. The van der Waals surface area contributed by atoms with Crippen molar-refractivity contribution in [2.75, 3.05) is 25.0 Å². The van der Waals surface area contributed by atoms with E-state index in [4.69, 9.17) is 20.8 Å². The Morgan fingerprint density at radius 2 is 1.90 bits per heavy atom. The van der Waals surface area contributed by atoms with E-state index in [0.717, 1.165) is 19.3 Å². The number of carbonyl (C=O) groups excluding carboxylic acids is 1. The minimum absolute atomic E-state index is 0.0870. The van der Waals surface area contributed by atoms with Crippen molar-refractivity contribution in [3.8, 4) is 5.75 Å². The van der Waals surface area contributed by atoms with Gasteiger partial charge in [-0.1, -0.05) is 18.0 Å². The molecule has 164 valence electrons. The number of halogens is 1. The van der Waals surface area contributed by atoms with Crippen LogP contribution in [0.3, 0.4) is 0 Å². The molecule has 0 unspecified atom stereocenters. The summed E-state index contributed by atoms with van der Waals surface area (Å²) in [5, 5.41) is 3.96. The lowest BCUT2D eigenvalue weighted by Crippen LogP contribution is -2.35. The van der Waals surface area contributed by atoms with Crippen molar-refractivity contribution >= 4 is 44.2 Å². The second kappa shape index (κ2) is 8.90.